The summed E-state index contributed by atoms with van der Waals surface area (Å²) in [6.07, 6.45) is 16.3. The van der Waals surface area contributed by atoms with E-state index in [1.54, 1.807) is 0 Å². The van der Waals surface area contributed by atoms with Crippen LogP contribution in [0.4, 0.5) is 0 Å². The molecular formula is C15H30. The molecule has 1 rings (SSSR count). The molecule has 0 heteroatoms. The van der Waals surface area contributed by atoms with Crippen molar-refractivity contribution in [1.29, 1.82) is 0 Å². The molecular weight excluding hydrogens is 180 g/mol. The fourth-order valence-electron chi connectivity index (χ4n) is 3.21. The minimum Gasteiger partial charge on any atom is -0.0654 e. The second kappa shape index (κ2) is 8.19. The highest BCUT2D eigenvalue weighted by Crippen LogP contribution is 2.33. The van der Waals surface area contributed by atoms with Crippen molar-refractivity contribution in [3.05, 3.63) is 0 Å². The normalized spacial score (nSPS) is 21.2. The summed E-state index contributed by atoms with van der Waals surface area (Å²) in [6, 6.07) is 0. The highest BCUT2D eigenvalue weighted by Gasteiger charge is 2.20. The Kier molecular flexibility index (Phi) is 7.13. The van der Waals surface area contributed by atoms with E-state index in [0.717, 1.165) is 11.8 Å². The van der Waals surface area contributed by atoms with E-state index in [9.17, 15) is 0 Å². The summed E-state index contributed by atoms with van der Waals surface area (Å²) < 4.78 is 0. The van der Waals surface area contributed by atoms with Crippen LogP contribution in [0.3, 0.4) is 0 Å². The largest absolute Gasteiger partial charge is 0.0654 e. The second-order valence-corrected chi connectivity index (χ2v) is 5.42. The third kappa shape index (κ3) is 5.04. The topological polar surface area (TPSA) is 0 Å². The minimum atomic E-state index is 1.05. The molecule has 0 aromatic heterocycles. The van der Waals surface area contributed by atoms with Crippen LogP contribution in [0.2, 0.25) is 0 Å². The molecule has 0 aromatic carbocycles. The molecule has 90 valence electrons. The molecule has 0 aliphatic heterocycles. The number of unbranched alkanes of at least 4 members (excludes halogenated alkanes) is 2. The summed E-state index contributed by atoms with van der Waals surface area (Å²) in [6.45, 7) is 4.72. The molecule has 1 fully saturated rings. The Labute approximate surface area is 96.8 Å². The van der Waals surface area contributed by atoms with E-state index in [1.165, 1.54) is 70.6 Å². The first-order valence-electron chi connectivity index (χ1n) is 7.38. The molecule has 0 radical (unpaired) electrons. The van der Waals surface area contributed by atoms with Gasteiger partial charge in [0.05, 0.1) is 0 Å². The quantitative estimate of drug-likeness (QED) is 0.397. The van der Waals surface area contributed by atoms with Gasteiger partial charge in [-0.15, -0.1) is 0 Å². The Balaban J connectivity index is 2.27. The number of rotatable bonds is 6. The zero-order valence-electron chi connectivity index (χ0n) is 10.9. The molecule has 1 aliphatic carbocycles. The maximum absolute atomic E-state index is 2.40. The molecule has 0 saturated heterocycles. The fourth-order valence-corrected chi connectivity index (χ4v) is 3.21. The van der Waals surface area contributed by atoms with Gasteiger partial charge >= 0.3 is 0 Å². The van der Waals surface area contributed by atoms with Crippen LogP contribution in [-0.4, -0.2) is 0 Å². The van der Waals surface area contributed by atoms with Gasteiger partial charge in [-0.2, -0.15) is 0 Å². The van der Waals surface area contributed by atoms with E-state index in [2.05, 4.69) is 13.8 Å². The van der Waals surface area contributed by atoms with Gasteiger partial charge in [-0.1, -0.05) is 84.5 Å². The standard InChI is InChI=1S/C15H30/c1-3-5-8-11-14(4-2)15-12-9-6-7-10-13-15/h14-15H,3-13H2,1-2H3. The van der Waals surface area contributed by atoms with Crippen molar-refractivity contribution in [3.63, 3.8) is 0 Å². The first-order valence-corrected chi connectivity index (χ1v) is 7.38. The van der Waals surface area contributed by atoms with Crippen molar-refractivity contribution in [2.24, 2.45) is 11.8 Å². The first kappa shape index (κ1) is 13.1. The highest BCUT2D eigenvalue weighted by molar-refractivity contribution is 4.72. The molecule has 0 spiro atoms. The fraction of sp³-hybridized carbons (Fsp3) is 1.00. The smallest absolute Gasteiger partial charge is 0.0386 e. The van der Waals surface area contributed by atoms with Gasteiger partial charge in [0, 0.05) is 0 Å². The Bertz CT molecular complexity index is 131. The Hall–Kier alpha value is 0. The third-order valence-corrected chi connectivity index (χ3v) is 4.27. The Morgan fingerprint density at radius 2 is 1.60 bits per heavy atom. The summed E-state index contributed by atoms with van der Waals surface area (Å²) >= 11 is 0. The summed E-state index contributed by atoms with van der Waals surface area (Å²) in [5, 5.41) is 0. The molecule has 0 nitrogen and oxygen atoms in total. The van der Waals surface area contributed by atoms with Gasteiger partial charge in [-0.3, -0.25) is 0 Å². The van der Waals surface area contributed by atoms with Crippen molar-refractivity contribution < 1.29 is 0 Å². The van der Waals surface area contributed by atoms with Gasteiger partial charge in [0.15, 0.2) is 0 Å². The van der Waals surface area contributed by atoms with Crippen LogP contribution < -0.4 is 0 Å². The average molecular weight is 210 g/mol. The molecule has 1 aliphatic rings. The van der Waals surface area contributed by atoms with Crippen LogP contribution in [0, 0.1) is 11.8 Å². The Morgan fingerprint density at radius 3 is 2.13 bits per heavy atom. The van der Waals surface area contributed by atoms with Crippen LogP contribution >= 0.6 is 0 Å². The van der Waals surface area contributed by atoms with Crippen LogP contribution in [0.5, 0.6) is 0 Å². The molecule has 0 bridgehead atoms. The molecule has 15 heavy (non-hydrogen) atoms. The summed E-state index contributed by atoms with van der Waals surface area (Å²) in [4.78, 5) is 0. The van der Waals surface area contributed by atoms with Gasteiger partial charge in [-0.05, 0) is 11.8 Å². The van der Waals surface area contributed by atoms with Crippen molar-refractivity contribution in [1.82, 2.24) is 0 Å². The van der Waals surface area contributed by atoms with Crippen molar-refractivity contribution >= 4 is 0 Å². The van der Waals surface area contributed by atoms with E-state index < -0.39 is 0 Å². The van der Waals surface area contributed by atoms with E-state index in [1.807, 2.05) is 0 Å². The lowest BCUT2D eigenvalue weighted by atomic mass is 9.81. The number of hydrogen-bond donors (Lipinski definition) is 0. The Morgan fingerprint density at radius 1 is 0.933 bits per heavy atom. The van der Waals surface area contributed by atoms with E-state index in [4.69, 9.17) is 0 Å². The van der Waals surface area contributed by atoms with Crippen molar-refractivity contribution in [2.75, 3.05) is 0 Å². The lowest BCUT2D eigenvalue weighted by Crippen LogP contribution is -2.13. The lowest BCUT2D eigenvalue weighted by Gasteiger charge is -2.25. The van der Waals surface area contributed by atoms with Crippen LogP contribution in [0.15, 0.2) is 0 Å². The van der Waals surface area contributed by atoms with E-state index >= 15 is 0 Å². The molecule has 0 heterocycles. The van der Waals surface area contributed by atoms with Gasteiger partial charge in [0.1, 0.15) is 0 Å². The van der Waals surface area contributed by atoms with Gasteiger partial charge < -0.3 is 0 Å². The predicted molar refractivity (Wildman–Crippen MR) is 69.1 cm³/mol. The molecule has 1 atom stereocenters. The maximum atomic E-state index is 2.40. The molecule has 1 saturated carbocycles. The monoisotopic (exact) mass is 210 g/mol. The van der Waals surface area contributed by atoms with Crippen LogP contribution in [-0.2, 0) is 0 Å². The van der Waals surface area contributed by atoms with Gasteiger partial charge in [-0.25, -0.2) is 0 Å². The summed E-state index contributed by atoms with van der Waals surface area (Å²) in [7, 11) is 0. The van der Waals surface area contributed by atoms with E-state index in [-0.39, 0.29) is 0 Å². The lowest BCUT2D eigenvalue weighted by molar-refractivity contribution is 0.266. The van der Waals surface area contributed by atoms with Crippen molar-refractivity contribution in [3.8, 4) is 0 Å². The highest BCUT2D eigenvalue weighted by atomic mass is 14.3. The molecule has 0 N–H and O–H groups in total. The zero-order chi connectivity index (χ0) is 10.9. The van der Waals surface area contributed by atoms with Crippen LogP contribution in [0.1, 0.15) is 84.5 Å². The molecule has 0 amide bonds. The SMILES string of the molecule is CCCCCC(CC)C1CCCCCC1. The van der Waals surface area contributed by atoms with Crippen molar-refractivity contribution in [2.45, 2.75) is 84.5 Å². The van der Waals surface area contributed by atoms with Gasteiger partial charge in [0.25, 0.3) is 0 Å². The number of hydrogen-bond acceptors (Lipinski definition) is 0. The zero-order valence-corrected chi connectivity index (χ0v) is 10.9. The molecule has 1 unspecified atom stereocenters. The van der Waals surface area contributed by atoms with E-state index in [0.29, 0.717) is 0 Å². The maximum Gasteiger partial charge on any atom is -0.0386 e. The third-order valence-electron chi connectivity index (χ3n) is 4.27. The van der Waals surface area contributed by atoms with Crippen LogP contribution in [0.25, 0.3) is 0 Å². The second-order valence-electron chi connectivity index (χ2n) is 5.42. The average Bonchev–Trinajstić information content (AvgIpc) is 2.53. The first-order chi connectivity index (χ1) is 7.38. The van der Waals surface area contributed by atoms with Gasteiger partial charge in [0.2, 0.25) is 0 Å². The predicted octanol–water partition coefficient (Wildman–Crippen LogP) is 5.56. The summed E-state index contributed by atoms with van der Waals surface area (Å²) in [5.41, 5.74) is 0. The minimum absolute atomic E-state index is 1.05. The molecule has 0 aromatic rings. The summed E-state index contributed by atoms with van der Waals surface area (Å²) in [5.74, 6) is 2.13.